The fraction of sp³-hybridized carbons (Fsp3) is 0.600. The number of hydrogen-bond donors (Lipinski definition) is 1. The first-order valence-corrected chi connectivity index (χ1v) is 5.76. The van der Waals surface area contributed by atoms with Crippen LogP contribution in [0.25, 0.3) is 0 Å². The first-order chi connectivity index (χ1) is 7.19. The molecule has 0 spiro atoms. The van der Waals surface area contributed by atoms with Gasteiger partial charge in [-0.15, -0.1) is 0 Å². The summed E-state index contributed by atoms with van der Waals surface area (Å²) in [6.07, 6.45) is 0.747. The fourth-order valence-electron chi connectivity index (χ4n) is 1.20. The zero-order chi connectivity index (χ0) is 11.3. The van der Waals surface area contributed by atoms with Crippen LogP contribution in [-0.4, -0.2) is 30.2 Å². The third-order valence-electron chi connectivity index (χ3n) is 1.97. The number of halogens is 1. The van der Waals surface area contributed by atoms with Gasteiger partial charge in [0.05, 0.1) is 16.8 Å². The minimum atomic E-state index is 0.667. The average molecular weight is 274 g/mol. The maximum atomic E-state index is 5.27. The molecule has 0 aliphatic rings. The van der Waals surface area contributed by atoms with Crippen LogP contribution in [0.1, 0.15) is 18.4 Å². The van der Waals surface area contributed by atoms with E-state index in [4.69, 9.17) is 4.74 Å². The third-order valence-corrected chi connectivity index (χ3v) is 2.92. The predicted molar refractivity (Wildman–Crippen MR) is 64.2 cm³/mol. The molecule has 0 saturated heterocycles. The first kappa shape index (κ1) is 12.4. The van der Waals surface area contributed by atoms with E-state index in [0.717, 1.165) is 34.8 Å². The van der Waals surface area contributed by atoms with E-state index < -0.39 is 0 Å². The van der Waals surface area contributed by atoms with E-state index in [2.05, 4.69) is 31.2 Å². The van der Waals surface area contributed by atoms with Crippen molar-refractivity contribution in [2.75, 3.05) is 25.6 Å². The molecule has 1 aromatic heterocycles. The molecule has 0 aliphatic carbocycles. The first-order valence-electron chi connectivity index (χ1n) is 4.97. The lowest BCUT2D eigenvalue weighted by atomic mass is 10.3. The van der Waals surface area contributed by atoms with Crippen molar-refractivity contribution in [1.82, 2.24) is 9.97 Å². The van der Waals surface area contributed by atoms with Crippen molar-refractivity contribution in [2.24, 2.45) is 0 Å². The number of ether oxygens (including phenoxy) is 1. The minimum Gasteiger partial charge on any atom is -0.381 e. The highest BCUT2D eigenvalue weighted by atomic mass is 79.9. The van der Waals surface area contributed by atoms with E-state index in [-0.39, 0.29) is 0 Å². The molecule has 0 fully saturated rings. The monoisotopic (exact) mass is 273 g/mol. The Hall–Kier alpha value is -0.680. The summed E-state index contributed by atoms with van der Waals surface area (Å²) in [5, 5.41) is 3.03. The van der Waals surface area contributed by atoms with E-state index >= 15 is 0 Å². The van der Waals surface area contributed by atoms with Crippen molar-refractivity contribution in [3.8, 4) is 0 Å². The second-order valence-corrected chi connectivity index (χ2v) is 3.88. The van der Waals surface area contributed by atoms with E-state index in [9.17, 15) is 0 Å². The van der Waals surface area contributed by atoms with E-state index in [1.54, 1.807) is 0 Å². The summed E-state index contributed by atoms with van der Waals surface area (Å²) in [4.78, 5) is 8.75. The molecule has 1 N–H and O–H groups in total. The number of aryl methyl sites for hydroxylation is 1. The van der Waals surface area contributed by atoms with Crippen LogP contribution in [0.4, 0.5) is 5.82 Å². The van der Waals surface area contributed by atoms with Gasteiger partial charge in [0.1, 0.15) is 11.6 Å². The molecule has 1 rings (SSSR count). The molecule has 4 nitrogen and oxygen atoms in total. The molecule has 0 radical (unpaired) electrons. The minimum absolute atomic E-state index is 0.667. The Labute approximate surface area is 98.6 Å². The van der Waals surface area contributed by atoms with Gasteiger partial charge in [-0.3, -0.25) is 0 Å². The lowest BCUT2D eigenvalue weighted by molar-refractivity contribution is 0.149. The zero-order valence-electron chi connectivity index (χ0n) is 9.30. The summed E-state index contributed by atoms with van der Waals surface area (Å²) in [5.41, 5.74) is 0.945. The highest BCUT2D eigenvalue weighted by Gasteiger charge is 2.07. The molecule has 0 bridgehead atoms. The fourth-order valence-corrected chi connectivity index (χ4v) is 1.58. The Morgan fingerprint density at radius 3 is 2.73 bits per heavy atom. The molecule has 0 aromatic carbocycles. The molecule has 15 heavy (non-hydrogen) atoms. The summed E-state index contributed by atoms with van der Waals surface area (Å²) in [6, 6.07) is 0. The lowest BCUT2D eigenvalue weighted by Gasteiger charge is -2.08. The summed E-state index contributed by atoms with van der Waals surface area (Å²) in [6.45, 7) is 5.33. The zero-order valence-corrected chi connectivity index (χ0v) is 10.9. The number of hydrogen-bond acceptors (Lipinski definition) is 4. The highest BCUT2D eigenvalue weighted by molar-refractivity contribution is 9.10. The van der Waals surface area contributed by atoms with Crippen LogP contribution in [0.5, 0.6) is 0 Å². The van der Waals surface area contributed by atoms with Crippen LogP contribution in [-0.2, 0) is 11.2 Å². The van der Waals surface area contributed by atoms with Gasteiger partial charge < -0.3 is 10.1 Å². The summed E-state index contributed by atoms with van der Waals surface area (Å²) < 4.78 is 6.19. The molecule has 0 saturated carbocycles. The second kappa shape index (κ2) is 6.02. The van der Waals surface area contributed by atoms with Crippen molar-refractivity contribution in [3.63, 3.8) is 0 Å². The Morgan fingerprint density at radius 1 is 1.40 bits per heavy atom. The molecule has 0 amide bonds. The smallest absolute Gasteiger partial charge is 0.144 e. The Kier molecular flexibility index (Phi) is 4.98. The number of anilines is 1. The number of rotatable bonds is 5. The van der Waals surface area contributed by atoms with Gasteiger partial charge in [0.15, 0.2) is 0 Å². The Morgan fingerprint density at radius 2 is 2.13 bits per heavy atom. The molecule has 1 heterocycles. The summed E-state index contributed by atoms with van der Waals surface area (Å²) >= 11 is 3.44. The third kappa shape index (κ3) is 3.43. The molecular formula is C10H16BrN3O. The molecular weight excluding hydrogens is 258 g/mol. The predicted octanol–water partition coefficient (Wildman–Crippen LogP) is 2.17. The van der Waals surface area contributed by atoms with Gasteiger partial charge in [0, 0.05) is 20.1 Å². The standard InChI is InChI=1S/C10H16BrN3O/c1-4-15-6-5-8-13-7(2)9(11)10(12-3)14-8/h4-6H2,1-3H3,(H,12,13,14). The molecule has 84 valence electrons. The van der Waals surface area contributed by atoms with E-state index in [0.29, 0.717) is 6.61 Å². The van der Waals surface area contributed by atoms with Crippen molar-refractivity contribution < 1.29 is 4.74 Å². The van der Waals surface area contributed by atoms with Gasteiger partial charge in [0.2, 0.25) is 0 Å². The van der Waals surface area contributed by atoms with Crippen molar-refractivity contribution in [2.45, 2.75) is 20.3 Å². The van der Waals surface area contributed by atoms with Crippen molar-refractivity contribution in [1.29, 1.82) is 0 Å². The normalized spacial score (nSPS) is 10.4. The highest BCUT2D eigenvalue weighted by Crippen LogP contribution is 2.22. The van der Waals surface area contributed by atoms with Crippen LogP contribution in [0, 0.1) is 6.92 Å². The van der Waals surface area contributed by atoms with Gasteiger partial charge in [-0.05, 0) is 29.8 Å². The molecule has 1 aromatic rings. The molecule has 0 aliphatic heterocycles. The van der Waals surface area contributed by atoms with Crippen LogP contribution in [0.15, 0.2) is 4.47 Å². The molecule has 0 unspecified atom stereocenters. The van der Waals surface area contributed by atoms with Crippen molar-refractivity contribution >= 4 is 21.7 Å². The van der Waals surface area contributed by atoms with Crippen molar-refractivity contribution in [3.05, 3.63) is 16.0 Å². The maximum Gasteiger partial charge on any atom is 0.144 e. The van der Waals surface area contributed by atoms with Gasteiger partial charge in [-0.2, -0.15) is 0 Å². The Balaban J connectivity index is 2.77. The van der Waals surface area contributed by atoms with Gasteiger partial charge in [-0.1, -0.05) is 0 Å². The number of aromatic nitrogens is 2. The van der Waals surface area contributed by atoms with Crippen LogP contribution in [0.3, 0.4) is 0 Å². The maximum absolute atomic E-state index is 5.27. The van der Waals surface area contributed by atoms with Gasteiger partial charge >= 0.3 is 0 Å². The van der Waals surface area contributed by atoms with Crippen LogP contribution >= 0.6 is 15.9 Å². The second-order valence-electron chi connectivity index (χ2n) is 3.08. The summed E-state index contributed by atoms with van der Waals surface area (Å²) in [7, 11) is 1.85. The molecule has 5 heteroatoms. The average Bonchev–Trinajstić information content (AvgIpc) is 2.23. The quantitative estimate of drug-likeness (QED) is 0.836. The molecule has 0 atom stereocenters. The van der Waals surface area contributed by atoms with Gasteiger partial charge in [0.25, 0.3) is 0 Å². The van der Waals surface area contributed by atoms with E-state index in [1.165, 1.54) is 0 Å². The number of nitrogens with one attached hydrogen (secondary N) is 1. The van der Waals surface area contributed by atoms with Crippen LogP contribution < -0.4 is 5.32 Å². The topological polar surface area (TPSA) is 47.0 Å². The largest absolute Gasteiger partial charge is 0.381 e. The number of nitrogens with zero attached hydrogens (tertiary/aromatic N) is 2. The van der Waals surface area contributed by atoms with Gasteiger partial charge in [-0.25, -0.2) is 9.97 Å². The van der Waals surface area contributed by atoms with E-state index in [1.807, 2.05) is 20.9 Å². The SMILES string of the molecule is CCOCCc1nc(C)c(Br)c(NC)n1. The Bertz CT molecular complexity index is 331. The lowest BCUT2D eigenvalue weighted by Crippen LogP contribution is -2.07. The summed E-state index contributed by atoms with van der Waals surface area (Å²) in [5.74, 6) is 1.64. The van der Waals surface area contributed by atoms with Crippen LogP contribution in [0.2, 0.25) is 0 Å².